The first-order valence-electron chi connectivity index (χ1n) is 9.21. The molecule has 3 amide bonds. The molecule has 5 nitrogen and oxygen atoms in total. The zero-order chi connectivity index (χ0) is 22.0. The molecule has 156 valence electrons. The van der Waals surface area contributed by atoms with Crippen molar-refractivity contribution in [3.05, 3.63) is 98.3 Å². The van der Waals surface area contributed by atoms with Gasteiger partial charge in [-0.05, 0) is 85.5 Å². The Bertz CT molecular complexity index is 1160. The summed E-state index contributed by atoms with van der Waals surface area (Å²) >= 11 is 6.96. The summed E-state index contributed by atoms with van der Waals surface area (Å²) < 4.78 is 20.2. The monoisotopic (exact) mass is 544 g/mol. The van der Waals surface area contributed by atoms with Gasteiger partial charge in [-0.3, -0.25) is 4.79 Å². The number of carbonyl (C=O) groups is 2. The van der Waals surface area contributed by atoms with Crippen LogP contribution in [0.4, 0.5) is 14.9 Å². The van der Waals surface area contributed by atoms with Gasteiger partial charge in [-0.25, -0.2) is 14.1 Å². The predicted molar refractivity (Wildman–Crippen MR) is 123 cm³/mol. The van der Waals surface area contributed by atoms with Gasteiger partial charge in [0.15, 0.2) is 0 Å². The average Bonchev–Trinajstić information content (AvgIpc) is 3.02. The second-order valence-electron chi connectivity index (χ2n) is 6.69. The molecule has 4 rings (SSSR count). The van der Waals surface area contributed by atoms with Gasteiger partial charge in [-0.15, -0.1) is 0 Å². The Morgan fingerprint density at radius 2 is 1.61 bits per heavy atom. The van der Waals surface area contributed by atoms with E-state index in [1.807, 2.05) is 6.07 Å². The van der Waals surface area contributed by atoms with E-state index in [-0.39, 0.29) is 18.1 Å². The maximum atomic E-state index is 13.0. The minimum Gasteiger partial charge on any atom is -0.487 e. The number of benzene rings is 3. The number of hydrogen-bond acceptors (Lipinski definition) is 3. The third kappa shape index (κ3) is 4.70. The summed E-state index contributed by atoms with van der Waals surface area (Å²) in [7, 11) is 0. The molecule has 8 heteroatoms. The van der Waals surface area contributed by atoms with Gasteiger partial charge < -0.3 is 10.1 Å². The van der Waals surface area contributed by atoms with Gasteiger partial charge in [-0.2, -0.15) is 0 Å². The summed E-state index contributed by atoms with van der Waals surface area (Å²) in [5, 5.41) is 2.61. The summed E-state index contributed by atoms with van der Waals surface area (Å²) in [4.78, 5) is 26.1. The lowest BCUT2D eigenvalue weighted by atomic mass is 10.1. The highest BCUT2D eigenvalue weighted by Crippen LogP contribution is 2.36. The first-order chi connectivity index (χ1) is 14.9. The molecule has 0 unspecified atom stereocenters. The van der Waals surface area contributed by atoms with E-state index >= 15 is 0 Å². The van der Waals surface area contributed by atoms with Crippen LogP contribution in [0, 0.1) is 5.82 Å². The van der Waals surface area contributed by atoms with Gasteiger partial charge in [0.2, 0.25) is 0 Å². The molecule has 1 saturated heterocycles. The van der Waals surface area contributed by atoms with Crippen LogP contribution in [0.2, 0.25) is 0 Å². The molecule has 0 aromatic heterocycles. The SMILES string of the molecule is O=C1N/C(=C/c2cc(Br)c(OCc3ccc(F)cc3)c(Br)c2)C(=O)N1c1ccccc1. The number of para-hydroxylation sites is 1. The Morgan fingerprint density at radius 3 is 2.26 bits per heavy atom. The Morgan fingerprint density at radius 1 is 0.968 bits per heavy atom. The van der Waals surface area contributed by atoms with Crippen LogP contribution in [-0.2, 0) is 11.4 Å². The number of hydrogen-bond donors (Lipinski definition) is 1. The second-order valence-corrected chi connectivity index (χ2v) is 8.40. The molecule has 0 radical (unpaired) electrons. The zero-order valence-corrected chi connectivity index (χ0v) is 19.1. The van der Waals surface area contributed by atoms with E-state index in [1.165, 1.54) is 12.1 Å². The molecule has 31 heavy (non-hydrogen) atoms. The van der Waals surface area contributed by atoms with Gasteiger partial charge in [0, 0.05) is 0 Å². The molecule has 1 fully saturated rings. The Kier molecular flexibility index (Phi) is 6.20. The van der Waals surface area contributed by atoms with E-state index in [0.717, 1.165) is 10.5 Å². The van der Waals surface area contributed by atoms with E-state index in [9.17, 15) is 14.0 Å². The summed E-state index contributed by atoms with van der Waals surface area (Å²) in [6, 6.07) is 17.9. The van der Waals surface area contributed by atoms with Crippen molar-refractivity contribution in [3.63, 3.8) is 0 Å². The third-order valence-electron chi connectivity index (χ3n) is 4.52. The van der Waals surface area contributed by atoms with Crippen molar-refractivity contribution < 1.29 is 18.7 Å². The molecular weight excluding hydrogens is 531 g/mol. The van der Waals surface area contributed by atoms with Crippen molar-refractivity contribution >= 4 is 55.6 Å². The highest BCUT2D eigenvalue weighted by Gasteiger charge is 2.34. The number of ether oxygens (including phenoxy) is 1. The van der Waals surface area contributed by atoms with Crippen LogP contribution >= 0.6 is 31.9 Å². The van der Waals surface area contributed by atoms with Crippen LogP contribution in [0.15, 0.2) is 81.4 Å². The highest BCUT2D eigenvalue weighted by atomic mass is 79.9. The van der Waals surface area contributed by atoms with E-state index in [0.29, 0.717) is 25.9 Å². The molecule has 0 aliphatic carbocycles. The fourth-order valence-corrected chi connectivity index (χ4v) is 4.50. The number of nitrogens with zero attached hydrogens (tertiary/aromatic N) is 1. The summed E-state index contributed by atoms with van der Waals surface area (Å²) in [6.45, 7) is 0.262. The van der Waals surface area contributed by atoms with Crippen LogP contribution in [0.25, 0.3) is 6.08 Å². The number of carbonyl (C=O) groups excluding carboxylic acids is 2. The number of amides is 3. The largest absolute Gasteiger partial charge is 0.487 e. The summed E-state index contributed by atoms with van der Waals surface area (Å²) in [5.41, 5.74) is 2.19. The normalized spacial score (nSPS) is 14.8. The van der Waals surface area contributed by atoms with Crippen molar-refractivity contribution in [3.8, 4) is 5.75 Å². The molecule has 1 N–H and O–H groups in total. The maximum absolute atomic E-state index is 13.0. The Hall–Kier alpha value is -2.97. The van der Waals surface area contributed by atoms with Gasteiger partial charge in [0.1, 0.15) is 23.9 Å². The molecule has 0 bridgehead atoms. The summed E-state index contributed by atoms with van der Waals surface area (Å²) in [6.07, 6.45) is 1.60. The molecule has 1 heterocycles. The van der Waals surface area contributed by atoms with Gasteiger partial charge in [-0.1, -0.05) is 30.3 Å². The molecule has 1 aliphatic rings. The van der Waals surface area contributed by atoms with E-state index in [4.69, 9.17) is 4.74 Å². The van der Waals surface area contributed by atoms with Gasteiger partial charge in [0.05, 0.1) is 14.6 Å². The van der Waals surface area contributed by atoms with Crippen LogP contribution in [0.3, 0.4) is 0 Å². The first kappa shape index (κ1) is 21.3. The van der Waals surface area contributed by atoms with E-state index in [1.54, 1.807) is 54.6 Å². The van der Waals surface area contributed by atoms with Crippen molar-refractivity contribution in [1.82, 2.24) is 5.32 Å². The van der Waals surface area contributed by atoms with Crippen LogP contribution in [0.1, 0.15) is 11.1 Å². The fourth-order valence-electron chi connectivity index (χ4n) is 3.05. The second kappa shape index (κ2) is 9.03. The van der Waals surface area contributed by atoms with Crippen molar-refractivity contribution in [1.29, 1.82) is 0 Å². The number of imide groups is 1. The minimum atomic E-state index is -0.500. The maximum Gasteiger partial charge on any atom is 0.333 e. The molecule has 1 aliphatic heterocycles. The molecule has 3 aromatic carbocycles. The van der Waals surface area contributed by atoms with Crippen molar-refractivity contribution in [2.45, 2.75) is 6.61 Å². The standard InChI is InChI=1S/C23H15Br2FN2O3/c24-18-10-15(11-19(25)21(18)31-13-14-6-8-16(26)9-7-14)12-20-22(29)28(23(30)27-20)17-4-2-1-3-5-17/h1-12H,13H2,(H,27,30)/b20-12+. The molecule has 0 atom stereocenters. The fraction of sp³-hybridized carbons (Fsp3) is 0.0435. The van der Waals surface area contributed by atoms with Crippen LogP contribution in [0.5, 0.6) is 5.75 Å². The van der Waals surface area contributed by atoms with Crippen LogP contribution in [-0.4, -0.2) is 11.9 Å². The number of halogens is 3. The third-order valence-corrected chi connectivity index (χ3v) is 5.70. The molecule has 0 spiro atoms. The number of rotatable bonds is 5. The van der Waals surface area contributed by atoms with Gasteiger partial charge in [0.25, 0.3) is 5.91 Å². The quantitative estimate of drug-likeness (QED) is 0.315. The molecule has 0 saturated carbocycles. The minimum absolute atomic E-state index is 0.174. The van der Waals surface area contributed by atoms with Crippen molar-refractivity contribution in [2.24, 2.45) is 0 Å². The van der Waals surface area contributed by atoms with Crippen molar-refractivity contribution in [2.75, 3.05) is 4.90 Å². The Labute approximate surface area is 194 Å². The predicted octanol–water partition coefficient (Wildman–Crippen LogP) is 6.03. The lowest BCUT2D eigenvalue weighted by Gasteiger charge is -2.12. The smallest absolute Gasteiger partial charge is 0.333 e. The first-order valence-corrected chi connectivity index (χ1v) is 10.8. The Balaban J connectivity index is 1.54. The highest BCUT2D eigenvalue weighted by molar-refractivity contribution is 9.11. The lowest BCUT2D eigenvalue weighted by molar-refractivity contribution is -0.113. The average molecular weight is 546 g/mol. The van der Waals surface area contributed by atoms with Gasteiger partial charge >= 0.3 is 6.03 Å². The topological polar surface area (TPSA) is 58.6 Å². The number of nitrogens with one attached hydrogen (secondary N) is 1. The van der Waals surface area contributed by atoms with E-state index < -0.39 is 11.9 Å². The molecule has 3 aromatic rings. The van der Waals surface area contributed by atoms with Crippen LogP contribution < -0.4 is 15.0 Å². The van der Waals surface area contributed by atoms with E-state index in [2.05, 4.69) is 37.2 Å². The lowest BCUT2D eigenvalue weighted by Crippen LogP contribution is -2.30. The summed E-state index contributed by atoms with van der Waals surface area (Å²) in [5.74, 6) is -0.165. The zero-order valence-electron chi connectivity index (χ0n) is 15.9. The molecular formula is C23H15Br2FN2O3. The number of urea groups is 1. The number of anilines is 1.